The molecule has 0 N–H and O–H groups in total. The average molecular weight is 679 g/mol. The molecule has 3 aromatic rings. The normalized spacial score (nSPS) is 20.5. The summed E-state index contributed by atoms with van der Waals surface area (Å²) in [5, 5.41) is 0. The summed E-state index contributed by atoms with van der Waals surface area (Å²) in [7, 11) is 5.79. The van der Waals surface area contributed by atoms with Crippen LogP contribution in [0.25, 0.3) is 22.3 Å². The van der Waals surface area contributed by atoms with Gasteiger partial charge in [0.15, 0.2) is 0 Å². The van der Waals surface area contributed by atoms with Gasteiger partial charge in [0.1, 0.15) is 37.9 Å². The highest BCUT2D eigenvalue weighted by Crippen LogP contribution is 2.40. The molecule has 47 heavy (non-hydrogen) atoms. The Morgan fingerprint density at radius 3 is 1.60 bits per heavy atom. The predicted octanol–water partition coefficient (Wildman–Crippen LogP) is 8.39. The smallest absolute Gasteiger partial charge is 0.493 e. The highest BCUT2D eigenvalue weighted by molar-refractivity contribution is 7.15. The van der Waals surface area contributed by atoms with Crippen LogP contribution in [0.2, 0.25) is 0 Å². The maximum Gasteiger partial charge on any atom is 0.508 e. The summed E-state index contributed by atoms with van der Waals surface area (Å²) in [4.78, 5) is 22.7. The van der Waals surface area contributed by atoms with Crippen molar-refractivity contribution in [1.82, 2.24) is 0 Å². The minimum Gasteiger partial charge on any atom is -0.493 e. The van der Waals surface area contributed by atoms with Crippen molar-refractivity contribution in [2.45, 2.75) is 50.8 Å². The SMILES string of the molecule is CC1CCC(c2ccc(-c3cc(CP)c(-c4cc(OCC5COC(=O)OC5)cc(OCC5COC(=O)OC5)c4)c(CP)c3)cc2)CC1. The lowest BCUT2D eigenvalue weighted by Gasteiger charge is -2.26. The molecule has 3 fully saturated rings. The Balaban J connectivity index is 1.27. The van der Waals surface area contributed by atoms with E-state index in [1.54, 1.807) is 0 Å². The van der Waals surface area contributed by atoms with Crippen LogP contribution in [0.5, 0.6) is 11.5 Å². The molecule has 8 nitrogen and oxygen atoms in total. The quantitative estimate of drug-likeness (QED) is 0.148. The van der Waals surface area contributed by atoms with Crippen LogP contribution in [-0.4, -0.2) is 52.0 Å². The van der Waals surface area contributed by atoms with E-state index in [0.29, 0.717) is 30.6 Å². The van der Waals surface area contributed by atoms with Gasteiger partial charge in [-0.1, -0.05) is 56.2 Å². The maximum absolute atomic E-state index is 11.3. The fraction of sp³-hybridized carbons (Fsp3) is 0.459. The number of rotatable bonds is 11. The third-order valence-corrected chi connectivity index (χ3v) is 10.2. The largest absolute Gasteiger partial charge is 0.508 e. The van der Waals surface area contributed by atoms with Gasteiger partial charge in [-0.25, -0.2) is 9.59 Å². The molecule has 0 aromatic heterocycles. The maximum atomic E-state index is 11.3. The van der Waals surface area contributed by atoms with Crippen LogP contribution in [0, 0.1) is 17.8 Å². The first-order valence-electron chi connectivity index (χ1n) is 16.5. The molecule has 2 unspecified atom stereocenters. The second-order valence-corrected chi connectivity index (χ2v) is 13.8. The van der Waals surface area contributed by atoms with E-state index in [1.165, 1.54) is 53.5 Å². The van der Waals surface area contributed by atoms with Gasteiger partial charge in [0, 0.05) is 6.07 Å². The Morgan fingerprint density at radius 1 is 0.638 bits per heavy atom. The molecule has 2 atom stereocenters. The number of carbonyl (C=O) groups excluding carboxylic acids is 2. The topological polar surface area (TPSA) is 89.5 Å². The first-order valence-corrected chi connectivity index (χ1v) is 18.2. The number of benzene rings is 3. The van der Waals surface area contributed by atoms with Gasteiger partial charge in [-0.05, 0) is 88.1 Å². The Hall–Kier alpha value is -3.34. The molecule has 250 valence electrons. The molecule has 3 aliphatic rings. The van der Waals surface area contributed by atoms with E-state index in [9.17, 15) is 9.59 Å². The summed E-state index contributed by atoms with van der Waals surface area (Å²) < 4.78 is 32.6. The Kier molecular flexibility index (Phi) is 11.2. The first-order chi connectivity index (χ1) is 22.9. The van der Waals surface area contributed by atoms with Crippen LogP contribution in [0.15, 0.2) is 54.6 Å². The zero-order chi connectivity index (χ0) is 32.8. The second kappa shape index (κ2) is 15.7. The standard InChI is InChI=1S/C37H44O8P2/c1-23-2-4-26(5-3-23)27-6-8-28(9-7-27)29-10-31(21-46)35(32(11-29)22-47)30-12-33(40-15-24-17-42-36(38)43-18-24)14-34(13-30)41-16-25-19-44-37(39)45-20-25/h6-14,23-26H,2-5,15-22,46-47H2,1H3. The number of hydrogen-bond donors (Lipinski definition) is 0. The summed E-state index contributed by atoms with van der Waals surface area (Å²) in [5.74, 6) is 2.64. The van der Waals surface area contributed by atoms with Gasteiger partial charge in [0.05, 0.1) is 25.0 Å². The molecule has 1 aliphatic carbocycles. The molecule has 0 amide bonds. The van der Waals surface area contributed by atoms with E-state index in [1.807, 2.05) is 18.2 Å². The fourth-order valence-electron chi connectivity index (χ4n) is 6.59. The first kappa shape index (κ1) is 33.6. The number of ether oxygens (including phenoxy) is 6. The number of carbonyl (C=O) groups is 2. The van der Waals surface area contributed by atoms with E-state index in [-0.39, 0.29) is 38.3 Å². The van der Waals surface area contributed by atoms with Crippen LogP contribution in [0.4, 0.5) is 9.59 Å². The molecule has 2 heterocycles. The van der Waals surface area contributed by atoms with Crippen molar-refractivity contribution in [3.05, 3.63) is 71.3 Å². The van der Waals surface area contributed by atoms with Crippen molar-refractivity contribution in [2.24, 2.45) is 17.8 Å². The average Bonchev–Trinajstić information content (AvgIpc) is 3.11. The van der Waals surface area contributed by atoms with Crippen LogP contribution in [0.1, 0.15) is 55.2 Å². The van der Waals surface area contributed by atoms with E-state index < -0.39 is 12.3 Å². The Morgan fingerprint density at radius 2 is 1.13 bits per heavy atom. The number of cyclic esters (lactones) is 4. The summed E-state index contributed by atoms with van der Waals surface area (Å²) in [5.41, 5.74) is 8.42. The molecule has 0 bridgehead atoms. The van der Waals surface area contributed by atoms with Gasteiger partial charge < -0.3 is 28.4 Å². The molecule has 0 spiro atoms. The molecular weight excluding hydrogens is 634 g/mol. The van der Waals surface area contributed by atoms with Gasteiger partial charge in [0.25, 0.3) is 0 Å². The van der Waals surface area contributed by atoms with E-state index >= 15 is 0 Å². The molecule has 1 saturated carbocycles. The molecule has 3 aromatic carbocycles. The van der Waals surface area contributed by atoms with Gasteiger partial charge >= 0.3 is 12.3 Å². The van der Waals surface area contributed by atoms with Crippen molar-refractivity contribution in [2.75, 3.05) is 39.6 Å². The fourth-order valence-corrected chi connectivity index (χ4v) is 7.24. The highest BCUT2D eigenvalue weighted by Gasteiger charge is 2.24. The van der Waals surface area contributed by atoms with Gasteiger partial charge in [-0.15, -0.1) is 18.5 Å². The minimum absolute atomic E-state index is 0.0765. The second-order valence-electron chi connectivity index (χ2n) is 12.9. The lowest BCUT2D eigenvalue weighted by atomic mass is 9.79. The lowest BCUT2D eigenvalue weighted by molar-refractivity contribution is -0.0233. The van der Waals surface area contributed by atoms with Gasteiger partial charge in [0.2, 0.25) is 0 Å². The molecule has 6 rings (SSSR count). The minimum atomic E-state index is -0.649. The Labute approximate surface area is 281 Å². The zero-order valence-electron chi connectivity index (χ0n) is 26.9. The molecule has 10 heteroatoms. The van der Waals surface area contributed by atoms with Crippen LogP contribution < -0.4 is 9.47 Å². The molecular formula is C37H44O8P2. The molecule has 0 radical (unpaired) electrons. The summed E-state index contributed by atoms with van der Waals surface area (Å²) >= 11 is 0. The summed E-state index contributed by atoms with van der Waals surface area (Å²) in [6, 6.07) is 19.7. The van der Waals surface area contributed by atoms with Crippen molar-refractivity contribution < 1.29 is 38.0 Å². The molecule has 2 aliphatic heterocycles. The van der Waals surface area contributed by atoms with E-state index in [0.717, 1.165) is 29.4 Å². The van der Waals surface area contributed by atoms with Crippen LogP contribution in [-0.2, 0) is 31.3 Å². The van der Waals surface area contributed by atoms with Gasteiger partial charge in [-0.2, -0.15) is 0 Å². The van der Waals surface area contributed by atoms with Crippen LogP contribution >= 0.6 is 18.5 Å². The summed E-state index contributed by atoms with van der Waals surface area (Å²) in [6.07, 6.45) is 5.44. The lowest BCUT2D eigenvalue weighted by Crippen LogP contribution is -2.31. The highest BCUT2D eigenvalue weighted by atomic mass is 31.0. The van der Waals surface area contributed by atoms with E-state index in [2.05, 4.69) is 61.8 Å². The van der Waals surface area contributed by atoms with Crippen molar-refractivity contribution in [3.63, 3.8) is 0 Å². The predicted molar refractivity (Wildman–Crippen MR) is 187 cm³/mol. The van der Waals surface area contributed by atoms with Crippen LogP contribution in [0.3, 0.4) is 0 Å². The van der Waals surface area contributed by atoms with Gasteiger partial charge in [-0.3, -0.25) is 0 Å². The molecule has 2 saturated heterocycles. The monoisotopic (exact) mass is 678 g/mol. The van der Waals surface area contributed by atoms with Crippen molar-refractivity contribution >= 4 is 30.8 Å². The third kappa shape index (κ3) is 8.58. The third-order valence-electron chi connectivity index (χ3n) is 9.36. The Bertz CT molecular complexity index is 1460. The summed E-state index contributed by atoms with van der Waals surface area (Å²) in [6.45, 7) is 4.01. The zero-order valence-corrected chi connectivity index (χ0v) is 29.2. The van der Waals surface area contributed by atoms with Crippen molar-refractivity contribution in [1.29, 1.82) is 0 Å². The van der Waals surface area contributed by atoms with E-state index in [4.69, 9.17) is 28.4 Å². The number of hydrogen-bond acceptors (Lipinski definition) is 8. The van der Waals surface area contributed by atoms with Crippen molar-refractivity contribution in [3.8, 4) is 33.8 Å².